The predicted octanol–water partition coefficient (Wildman–Crippen LogP) is 2.73. The monoisotopic (exact) mass is 420 g/mol. The van der Waals surface area contributed by atoms with Crippen LogP contribution in [0.5, 0.6) is 5.75 Å². The molecule has 156 valence electrons. The zero-order valence-electron chi connectivity index (χ0n) is 16.3. The van der Waals surface area contributed by atoms with Crippen molar-refractivity contribution in [3.63, 3.8) is 0 Å². The van der Waals surface area contributed by atoms with Crippen molar-refractivity contribution in [3.8, 4) is 5.75 Å². The largest absolute Gasteiger partial charge is 0.492 e. The number of sulfonamides is 1. The number of halogens is 1. The summed E-state index contributed by atoms with van der Waals surface area (Å²) in [5.74, 6) is -0.360. The number of hydrogen-bond donors (Lipinski definition) is 1. The molecule has 1 aliphatic heterocycles. The molecule has 0 unspecified atom stereocenters. The van der Waals surface area contributed by atoms with Gasteiger partial charge in [0, 0.05) is 13.1 Å². The van der Waals surface area contributed by atoms with Crippen LogP contribution in [0.2, 0.25) is 0 Å². The van der Waals surface area contributed by atoms with Crippen molar-refractivity contribution >= 4 is 15.9 Å². The lowest BCUT2D eigenvalue weighted by molar-refractivity contribution is -0.126. The van der Waals surface area contributed by atoms with E-state index in [9.17, 15) is 17.6 Å². The molecular formula is C21H25FN2O4S. The van der Waals surface area contributed by atoms with Crippen LogP contribution in [-0.2, 0) is 14.8 Å². The Morgan fingerprint density at radius 3 is 2.55 bits per heavy atom. The van der Waals surface area contributed by atoms with E-state index in [2.05, 4.69) is 5.32 Å². The Hall–Kier alpha value is -2.45. The van der Waals surface area contributed by atoms with Crippen molar-refractivity contribution in [2.45, 2.75) is 24.7 Å². The van der Waals surface area contributed by atoms with E-state index in [0.29, 0.717) is 32.5 Å². The van der Waals surface area contributed by atoms with Gasteiger partial charge in [-0.05, 0) is 56.2 Å². The third-order valence-corrected chi connectivity index (χ3v) is 6.78. The van der Waals surface area contributed by atoms with E-state index in [-0.39, 0.29) is 17.3 Å². The van der Waals surface area contributed by atoms with E-state index in [1.165, 1.54) is 16.4 Å². The molecule has 1 atom stereocenters. The van der Waals surface area contributed by atoms with Gasteiger partial charge in [0.15, 0.2) is 0 Å². The van der Waals surface area contributed by atoms with Crippen LogP contribution in [0.15, 0.2) is 53.4 Å². The summed E-state index contributed by atoms with van der Waals surface area (Å²) in [4.78, 5) is 12.5. The molecule has 1 amide bonds. The molecule has 2 aromatic rings. The smallest absolute Gasteiger partial charge is 0.243 e. The molecule has 0 saturated carbocycles. The second kappa shape index (κ2) is 9.37. The molecule has 29 heavy (non-hydrogen) atoms. The molecule has 1 N–H and O–H groups in total. The first kappa shape index (κ1) is 21.3. The Bertz CT molecular complexity index is 930. The number of nitrogens with zero attached hydrogens (tertiary/aromatic N) is 1. The van der Waals surface area contributed by atoms with Gasteiger partial charge < -0.3 is 10.1 Å². The van der Waals surface area contributed by atoms with Crippen molar-refractivity contribution in [1.82, 2.24) is 9.62 Å². The number of carbonyl (C=O) groups excluding carboxylic acids is 1. The highest BCUT2D eigenvalue weighted by Gasteiger charge is 2.33. The molecule has 1 fully saturated rings. The quantitative estimate of drug-likeness (QED) is 0.699. The van der Waals surface area contributed by atoms with Crippen molar-refractivity contribution < 1.29 is 22.3 Å². The maximum atomic E-state index is 13.1. The van der Waals surface area contributed by atoms with E-state index in [4.69, 9.17) is 4.74 Å². The molecule has 0 aromatic heterocycles. The first-order chi connectivity index (χ1) is 13.9. The van der Waals surface area contributed by atoms with E-state index < -0.39 is 21.8 Å². The number of nitrogens with one attached hydrogen (secondary N) is 1. The average molecular weight is 421 g/mol. The second-order valence-corrected chi connectivity index (χ2v) is 9.05. The topological polar surface area (TPSA) is 75.7 Å². The minimum Gasteiger partial charge on any atom is -0.492 e. The number of piperidine rings is 1. The second-order valence-electron chi connectivity index (χ2n) is 7.11. The van der Waals surface area contributed by atoms with Crippen LogP contribution >= 0.6 is 0 Å². The number of aryl methyl sites for hydroxylation is 1. The minimum atomic E-state index is -3.75. The zero-order valence-corrected chi connectivity index (χ0v) is 17.1. The Labute approximate surface area is 170 Å². The van der Waals surface area contributed by atoms with Crippen molar-refractivity contribution in [3.05, 3.63) is 59.9 Å². The van der Waals surface area contributed by atoms with Crippen LogP contribution in [0.25, 0.3) is 0 Å². The number of ether oxygens (including phenoxy) is 1. The first-order valence-electron chi connectivity index (χ1n) is 9.59. The molecule has 1 aliphatic rings. The predicted molar refractivity (Wildman–Crippen MR) is 108 cm³/mol. The normalized spacial score (nSPS) is 17.7. The fourth-order valence-corrected chi connectivity index (χ4v) is 4.78. The Balaban J connectivity index is 1.51. The lowest BCUT2D eigenvalue weighted by atomic mass is 9.99. The van der Waals surface area contributed by atoms with Crippen molar-refractivity contribution in [2.75, 3.05) is 26.2 Å². The molecule has 2 aromatic carbocycles. The number of benzene rings is 2. The summed E-state index contributed by atoms with van der Waals surface area (Å²) in [5, 5.41) is 2.82. The lowest BCUT2D eigenvalue weighted by Gasteiger charge is -2.31. The van der Waals surface area contributed by atoms with E-state index in [0.717, 1.165) is 23.4 Å². The van der Waals surface area contributed by atoms with Gasteiger partial charge in [-0.25, -0.2) is 12.8 Å². The van der Waals surface area contributed by atoms with Crippen LogP contribution in [0.1, 0.15) is 18.4 Å². The highest BCUT2D eigenvalue weighted by molar-refractivity contribution is 7.89. The molecule has 3 rings (SSSR count). The Morgan fingerprint density at radius 1 is 1.17 bits per heavy atom. The van der Waals surface area contributed by atoms with E-state index >= 15 is 0 Å². The summed E-state index contributed by atoms with van der Waals surface area (Å²) in [5.41, 5.74) is 1.14. The van der Waals surface area contributed by atoms with Crippen LogP contribution in [-0.4, -0.2) is 44.9 Å². The molecular weight excluding hydrogens is 395 g/mol. The standard InChI is InChI=1S/C21H25FN2O4S/c1-16-4-8-19(9-5-16)28-14-12-23-21(25)17-3-2-13-24(15-17)29(26,27)20-10-6-18(22)7-11-20/h4-11,17H,2-3,12-15H2,1H3,(H,23,25)/t17-/m1/s1. The third-order valence-electron chi connectivity index (χ3n) is 4.90. The highest BCUT2D eigenvalue weighted by Crippen LogP contribution is 2.24. The molecule has 0 bridgehead atoms. The number of hydrogen-bond acceptors (Lipinski definition) is 4. The van der Waals surface area contributed by atoms with Crippen molar-refractivity contribution in [2.24, 2.45) is 5.92 Å². The molecule has 6 nitrogen and oxygen atoms in total. The zero-order chi connectivity index (χ0) is 20.9. The minimum absolute atomic E-state index is 0.0338. The molecule has 0 radical (unpaired) electrons. The van der Waals surface area contributed by atoms with Gasteiger partial charge in [0.25, 0.3) is 0 Å². The maximum Gasteiger partial charge on any atom is 0.243 e. The van der Waals surface area contributed by atoms with E-state index in [1.807, 2.05) is 31.2 Å². The summed E-state index contributed by atoms with van der Waals surface area (Å²) in [7, 11) is -3.75. The van der Waals surface area contributed by atoms with Crippen LogP contribution in [0.4, 0.5) is 4.39 Å². The van der Waals surface area contributed by atoms with Crippen LogP contribution in [0, 0.1) is 18.7 Å². The SMILES string of the molecule is Cc1ccc(OCCNC(=O)[C@@H]2CCCN(S(=O)(=O)c3ccc(F)cc3)C2)cc1. The summed E-state index contributed by atoms with van der Waals surface area (Å²) >= 11 is 0. The first-order valence-corrected chi connectivity index (χ1v) is 11.0. The van der Waals surface area contributed by atoms with Gasteiger partial charge in [0.05, 0.1) is 17.4 Å². The summed E-state index contributed by atoms with van der Waals surface area (Å²) in [6, 6.07) is 12.4. The molecule has 0 spiro atoms. The summed E-state index contributed by atoms with van der Waals surface area (Å²) in [6.45, 7) is 3.13. The summed E-state index contributed by atoms with van der Waals surface area (Å²) < 4.78 is 45.5. The maximum absolute atomic E-state index is 13.1. The van der Waals surface area contributed by atoms with Gasteiger partial charge >= 0.3 is 0 Å². The van der Waals surface area contributed by atoms with Gasteiger partial charge in [0.1, 0.15) is 18.2 Å². The Kier molecular flexibility index (Phi) is 6.87. The number of rotatable bonds is 7. The fraction of sp³-hybridized carbons (Fsp3) is 0.381. The average Bonchev–Trinajstić information content (AvgIpc) is 2.73. The Morgan fingerprint density at radius 2 is 1.86 bits per heavy atom. The lowest BCUT2D eigenvalue weighted by Crippen LogP contribution is -2.45. The van der Waals surface area contributed by atoms with E-state index in [1.54, 1.807) is 0 Å². The highest BCUT2D eigenvalue weighted by atomic mass is 32.2. The molecule has 1 heterocycles. The van der Waals surface area contributed by atoms with Gasteiger partial charge in [-0.2, -0.15) is 4.31 Å². The van der Waals surface area contributed by atoms with Crippen LogP contribution in [0.3, 0.4) is 0 Å². The summed E-state index contributed by atoms with van der Waals surface area (Å²) in [6.07, 6.45) is 1.22. The van der Waals surface area contributed by atoms with Gasteiger partial charge in [0.2, 0.25) is 15.9 Å². The fourth-order valence-electron chi connectivity index (χ4n) is 3.25. The third kappa shape index (κ3) is 5.55. The number of carbonyl (C=O) groups is 1. The van der Waals surface area contributed by atoms with Gasteiger partial charge in [-0.15, -0.1) is 0 Å². The van der Waals surface area contributed by atoms with Crippen molar-refractivity contribution in [1.29, 1.82) is 0 Å². The van der Waals surface area contributed by atoms with Crippen LogP contribution < -0.4 is 10.1 Å². The molecule has 0 aliphatic carbocycles. The molecule has 8 heteroatoms. The van der Waals surface area contributed by atoms with Gasteiger partial charge in [-0.1, -0.05) is 17.7 Å². The molecule has 1 saturated heterocycles. The van der Waals surface area contributed by atoms with Gasteiger partial charge in [-0.3, -0.25) is 4.79 Å². The number of amides is 1.